The number of ether oxygens (including phenoxy) is 3. The Morgan fingerprint density at radius 2 is 1.81 bits per heavy atom. The predicted molar refractivity (Wildman–Crippen MR) is 116 cm³/mol. The van der Waals surface area contributed by atoms with E-state index in [2.05, 4.69) is 4.72 Å². The van der Waals surface area contributed by atoms with Crippen molar-refractivity contribution in [1.82, 2.24) is 0 Å². The Morgan fingerprint density at radius 3 is 2.53 bits per heavy atom. The summed E-state index contributed by atoms with van der Waals surface area (Å²) in [5, 5.41) is -0.0830. The minimum atomic E-state index is -4.29. The van der Waals surface area contributed by atoms with Gasteiger partial charge in [0.15, 0.2) is 5.75 Å². The second kappa shape index (κ2) is 8.33. The second-order valence-electron chi connectivity index (χ2n) is 6.89. The van der Waals surface area contributed by atoms with E-state index in [0.717, 1.165) is 6.07 Å². The Balaban J connectivity index is 2.01. The Labute approximate surface area is 188 Å². The highest BCUT2D eigenvalue weighted by molar-refractivity contribution is 7.92. The largest absolute Gasteiger partial charge is 0.495 e. The molecule has 0 atom stereocenters. The summed E-state index contributed by atoms with van der Waals surface area (Å²) in [5.74, 6) is -1.20. The van der Waals surface area contributed by atoms with Crippen molar-refractivity contribution in [2.75, 3.05) is 18.9 Å². The second-order valence-corrected chi connectivity index (χ2v) is 8.95. The number of hydrogen-bond acceptors (Lipinski definition) is 6. The van der Waals surface area contributed by atoms with E-state index in [4.69, 9.17) is 25.8 Å². The maximum Gasteiger partial charge on any atom is 0.338 e. The Kier molecular flexibility index (Phi) is 5.70. The first kappa shape index (κ1) is 21.9. The Hall–Kier alpha value is -3.30. The molecule has 0 saturated heterocycles. The maximum atomic E-state index is 14.0. The summed E-state index contributed by atoms with van der Waals surface area (Å²) < 4.78 is 58.8. The average molecular weight is 478 g/mol. The lowest BCUT2D eigenvalue weighted by molar-refractivity contribution is 0.0473. The number of hydrogen-bond donors (Lipinski definition) is 1. The number of anilines is 1. The number of esters is 1. The number of carbonyl (C=O) groups excluding carboxylic acids is 1. The summed E-state index contributed by atoms with van der Waals surface area (Å²) >= 11 is 6.20. The topological polar surface area (TPSA) is 90.9 Å². The molecular weight excluding hydrogens is 461 g/mol. The van der Waals surface area contributed by atoms with Crippen LogP contribution in [0.2, 0.25) is 5.02 Å². The number of rotatable bonds is 2. The lowest BCUT2D eigenvalue weighted by atomic mass is 9.99. The quantitative estimate of drug-likeness (QED) is 0.541. The molecule has 0 radical (unpaired) electrons. The highest BCUT2D eigenvalue weighted by Gasteiger charge is 2.27. The summed E-state index contributed by atoms with van der Waals surface area (Å²) in [5.41, 5.74) is 1.47. The molecule has 1 aliphatic rings. The number of cyclic esters (lactones) is 1. The summed E-state index contributed by atoms with van der Waals surface area (Å²) in [7, 11) is -1.64. The SMILES string of the molecule is COc1ccc2cc1NS(=O)(=O)c1cc(cc(Cl)c1OC)C(=O)OCc1ccc(F)cc1-2. The number of methoxy groups -OCH3 is 2. The van der Waals surface area contributed by atoms with Crippen LogP contribution in [0.25, 0.3) is 11.1 Å². The molecule has 0 amide bonds. The fourth-order valence-corrected chi connectivity index (χ4v) is 5.04. The van der Waals surface area contributed by atoms with Gasteiger partial charge in [0, 0.05) is 0 Å². The molecule has 0 spiro atoms. The molecule has 0 saturated carbocycles. The number of carbonyl (C=O) groups is 1. The summed E-state index contributed by atoms with van der Waals surface area (Å²) in [6.45, 7) is -0.172. The van der Waals surface area contributed by atoms with Gasteiger partial charge in [0.2, 0.25) is 0 Å². The molecule has 32 heavy (non-hydrogen) atoms. The predicted octanol–water partition coefficient (Wildman–Crippen LogP) is 4.63. The standard InChI is InChI=1S/C22H17ClFNO6S/c1-29-19-6-4-12-8-18(19)25-32(27,28)20-9-14(7-17(23)21(20)30-2)22(26)31-11-13-3-5-15(24)10-16(12)13/h3-10,25H,11H2,1-2H3. The van der Waals surface area contributed by atoms with Gasteiger partial charge in [-0.25, -0.2) is 17.6 Å². The molecule has 4 rings (SSSR count). The van der Waals surface area contributed by atoms with Crippen molar-refractivity contribution in [3.8, 4) is 22.6 Å². The van der Waals surface area contributed by atoms with Gasteiger partial charge in [-0.05, 0) is 53.1 Å². The van der Waals surface area contributed by atoms with Crippen LogP contribution >= 0.6 is 11.6 Å². The number of sulfonamides is 1. The van der Waals surface area contributed by atoms with Crippen LogP contribution in [0.5, 0.6) is 11.5 Å². The normalized spacial score (nSPS) is 14.6. The van der Waals surface area contributed by atoms with E-state index >= 15 is 0 Å². The van der Waals surface area contributed by atoms with Gasteiger partial charge in [-0.15, -0.1) is 0 Å². The van der Waals surface area contributed by atoms with Crippen LogP contribution < -0.4 is 14.2 Å². The van der Waals surface area contributed by atoms with E-state index < -0.39 is 21.8 Å². The maximum absolute atomic E-state index is 14.0. The molecule has 3 aromatic carbocycles. The first-order valence-corrected chi connectivity index (χ1v) is 11.1. The third-order valence-corrected chi connectivity index (χ3v) is 6.58. The van der Waals surface area contributed by atoms with Gasteiger partial charge >= 0.3 is 5.97 Å². The van der Waals surface area contributed by atoms with E-state index in [-0.39, 0.29) is 39.3 Å². The van der Waals surface area contributed by atoms with E-state index in [0.29, 0.717) is 16.7 Å². The smallest absolute Gasteiger partial charge is 0.338 e. The number of nitrogens with one attached hydrogen (secondary N) is 1. The number of halogens is 2. The van der Waals surface area contributed by atoms with Crippen molar-refractivity contribution in [3.63, 3.8) is 0 Å². The van der Waals surface area contributed by atoms with Gasteiger partial charge < -0.3 is 14.2 Å². The first-order valence-electron chi connectivity index (χ1n) is 9.28. The van der Waals surface area contributed by atoms with Crippen LogP contribution in [-0.2, 0) is 21.4 Å². The average Bonchev–Trinajstić information content (AvgIpc) is 2.76. The third-order valence-electron chi connectivity index (χ3n) is 4.92. The van der Waals surface area contributed by atoms with Crippen molar-refractivity contribution in [3.05, 3.63) is 70.5 Å². The van der Waals surface area contributed by atoms with Gasteiger partial charge in [0.1, 0.15) is 23.1 Å². The monoisotopic (exact) mass is 477 g/mol. The summed E-state index contributed by atoms with van der Waals surface area (Å²) in [6.07, 6.45) is 0. The van der Waals surface area contributed by atoms with E-state index in [9.17, 15) is 17.6 Å². The molecule has 4 bridgehead atoms. The summed E-state index contributed by atoms with van der Waals surface area (Å²) in [4.78, 5) is 12.3. The zero-order valence-corrected chi connectivity index (χ0v) is 18.5. The molecule has 7 nitrogen and oxygen atoms in total. The van der Waals surface area contributed by atoms with Crippen LogP contribution in [0.3, 0.4) is 0 Å². The first-order chi connectivity index (χ1) is 15.2. The molecule has 1 aliphatic heterocycles. The van der Waals surface area contributed by atoms with Crippen LogP contribution in [0, 0.1) is 5.82 Å². The third kappa shape index (κ3) is 3.96. The molecule has 3 aromatic rings. The van der Waals surface area contributed by atoms with Gasteiger partial charge in [0.25, 0.3) is 10.0 Å². The molecule has 1 heterocycles. The van der Waals surface area contributed by atoms with Gasteiger partial charge in [0.05, 0.1) is 30.5 Å². The van der Waals surface area contributed by atoms with Crippen molar-refractivity contribution in [1.29, 1.82) is 0 Å². The van der Waals surface area contributed by atoms with Crippen LogP contribution in [0.1, 0.15) is 15.9 Å². The van der Waals surface area contributed by atoms with Gasteiger partial charge in [-0.2, -0.15) is 0 Å². The molecule has 166 valence electrons. The lowest BCUT2D eigenvalue weighted by Crippen LogP contribution is -2.16. The highest BCUT2D eigenvalue weighted by atomic mass is 35.5. The molecular formula is C22H17ClFNO6S. The van der Waals surface area contributed by atoms with Gasteiger partial charge in [-0.1, -0.05) is 23.7 Å². The fraction of sp³-hybridized carbons (Fsp3) is 0.136. The zero-order valence-electron chi connectivity index (χ0n) is 16.9. The van der Waals surface area contributed by atoms with Crippen molar-refractivity contribution in [2.24, 2.45) is 0 Å². The van der Waals surface area contributed by atoms with E-state index in [1.54, 1.807) is 12.1 Å². The molecule has 0 aromatic heterocycles. The highest BCUT2D eigenvalue weighted by Crippen LogP contribution is 2.38. The summed E-state index contributed by atoms with van der Waals surface area (Å²) in [6, 6.07) is 11.1. The molecule has 1 N–H and O–H groups in total. The molecule has 10 heteroatoms. The number of fused-ring (bicyclic) bond motifs is 6. The molecule has 0 aliphatic carbocycles. The minimum Gasteiger partial charge on any atom is -0.495 e. The van der Waals surface area contributed by atoms with Crippen molar-refractivity contribution < 1.29 is 31.8 Å². The van der Waals surface area contributed by atoms with E-state index in [1.165, 1.54) is 44.6 Å². The Bertz CT molecular complexity index is 1340. The van der Waals surface area contributed by atoms with Crippen LogP contribution in [-0.4, -0.2) is 28.6 Å². The van der Waals surface area contributed by atoms with Crippen LogP contribution in [0.15, 0.2) is 53.4 Å². The Morgan fingerprint density at radius 1 is 1.03 bits per heavy atom. The van der Waals surface area contributed by atoms with Crippen molar-refractivity contribution >= 4 is 33.3 Å². The number of benzene rings is 3. The van der Waals surface area contributed by atoms with Crippen LogP contribution in [0.4, 0.5) is 10.1 Å². The van der Waals surface area contributed by atoms with Crippen molar-refractivity contribution in [2.45, 2.75) is 11.5 Å². The molecule has 0 unspecified atom stereocenters. The van der Waals surface area contributed by atoms with Gasteiger partial charge in [-0.3, -0.25) is 4.72 Å². The fourth-order valence-electron chi connectivity index (χ4n) is 3.41. The lowest BCUT2D eigenvalue weighted by Gasteiger charge is -2.16. The minimum absolute atomic E-state index is 0.0830. The molecule has 0 fully saturated rings. The van der Waals surface area contributed by atoms with E-state index in [1.807, 2.05) is 0 Å². The zero-order chi connectivity index (χ0) is 23.0.